The Bertz CT molecular complexity index is 1370. The molecular formula is C30H43ClF2N8O3. The Kier molecular flexibility index (Phi) is 10.7. The van der Waals surface area contributed by atoms with Crippen LogP contribution in [0, 0.1) is 17.6 Å². The number of anilines is 1. The summed E-state index contributed by atoms with van der Waals surface area (Å²) >= 11 is 0. The van der Waals surface area contributed by atoms with E-state index < -0.39 is 28.9 Å². The van der Waals surface area contributed by atoms with E-state index in [0.717, 1.165) is 61.8 Å². The third kappa shape index (κ3) is 8.12. The third-order valence-electron chi connectivity index (χ3n) is 8.66. The first-order chi connectivity index (χ1) is 20.4. The lowest BCUT2D eigenvalue weighted by molar-refractivity contribution is -0.137. The van der Waals surface area contributed by atoms with Crippen molar-refractivity contribution in [3.63, 3.8) is 0 Å². The van der Waals surface area contributed by atoms with Crippen molar-refractivity contribution in [3.8, 4) is 5.69 Å². The van der Waals surface area contributed by atoms with Crippen LogP contribution in [0.1, 0.15) is 57.9 Å². The molecule has 3 amide bonds. The number of carbonyl (C=O) groups is 2. The van der Waals surface area contributed by atoms with E-state index in [1.165, 1.54) is 17.2 Å². The molecule has 2 aromatic rings. The van der Waals surface area contributed by atoms with Crippen molar-refractivity contribution in [2.45, 2.75) is 76.5 Å². The lowest BCUT2D eigenvalue weighted by Crippen LogP contribution is -2.58. The number of benzene rings is 1. The van der Waals surface area contributed by atoms with Gasteiger partial charge in [0.2, 0.25) is 5.91 Å². The number of nitrogens with two attached hydrogens (primary N) is 2. The number of rotatable bonds is 8. The van der Waals surface area contributed by atoms with Crippen LogP contribution in [0.4, 0.5) is 19.4 Å². The average molecular weight is 637 g/mol. The number of carbonyl (C=O) groups excluding carboxylic acids is 2. The molecular weight excluding hydrogens is 594 g/mol. The van der Waals surface area contributed by atoms with Gasteiger partial charge in [-0.2, -0.15) is 4.98 Å². The van der Waals surface area contributed by atoms with Crippen LogP contribution in [0.25, 0.3) is 5.69 Å². The Morgan fingerprint density at radius 3 is 2.16 bits per heavy atom. The standard InChI is InChI=1S/C30H42F2N8O3.ClH/c1-30(2,34)27(41)37-11-13-38(14-12-37)28(42)35-26-9-10-40(29(43)36-26)22-15-24(31)23(25(32)16-22)18-39(17-19-3-4-19)21-7-5-20(33)6-8-21;/h9-10,15-16,19-21H,3-8,11-14,17-18,33-34H2,1-2H3,(H,35,36,42,43);1H. The van der Waals surface area contributed by atoms with Gasteiger partial charge in [0.25, 0.3) is 0 Å². The van der Waals surface area contributed by atoms with Crippen LogP contribution < -0.4 is 22.5 Å². The molecule has 14 heteroatoms. The van der Waals surface area contributed by atoms with E-state index in [2.05, 4.69) is 15.2 Å². The number of nitrogens with zero attached hydrogens (tertiary/aromatic N) is 5. The van der Waals surface area contributed by atoms with Gasteiger partial charge in [0.15, 0.2) is 0 Å². The molecule has 3 aliphatic rings. The summed E-state index contributed by atoms with van der Waals surface area (Å²) in [7, 11) is 0. The van der Waals surface area contributed by atoms with Gasteiger partial charge in [0.1, 0.15) is 17.5 Å². The van der Waals surface area contributed by atoms with Gasteiger partial charge < -0.3 is 21.3 Å². The highest BCUT2D eigenvalue weighted by atomic mass is 35.5. The summed E-state index contributed by atoms with van der Waals surface area (Å²) in [5.74, 6) is -1.05. The summed E-state index contributed by atoms with van der Waals surface area (Å²) in [6.07, 6.45) is 7.26. The summed E-state index contributed by atoms with van der Waals surface area (Å²) in [5.41, 5.74) is 10.2. The predicted octanol–water partition coefficient (Wildman–Crippen LogP) is 2.83. The van der Waals surface area contributed by atoms with Gasteiger partial charge in [-0.05, 0) is 76.5 Å². The van der Waals surface area contributed by atoms with Crippen molar-refractivity contribution in [2.24, 2.45) is 17.4 Å². The van der Waals surface area contributed by atoms with Gasteiger partial charge in [0, 0.05) is 63.1 Å². The molecule has 11 nitrogen and oxygen atoms in total. The maximum Gasteiger partial charge on any atom is 0.354 e. The van der Waals surface area contributed by atoms with Crippen LogP contribution in [0.3, 0.4) is 0 Å². The zero-order valence-corrected chi connectivity index (χ0v) is 26.1. The minimum atomic E-state index is -0.995. The molecule has 2 heterocycles. The number of nitrogens with one attached hydrogen (secondary N) is 1. The van der Waals surface area contributed by atoms with Crippen molar-refractivity contribution in [3.05, 3.63) is 52.1 Å². The maximum absolute atomic E-state index is 15.4. The van der Waals surface area contributed by atoms with Crippen molar-refractivity contribution in [1.82, 2.24) is 24.3 Å². The Labute approximate surface area is 262 Å². The molecule has 1 aromatic heterocycles. The quantitative estimate of drug-likeness (QED) is 0.404. The molecule has 0 unspecified atom stereocenters. The monoisotopic (exact) mass is 636 g/mol. The molecule has 242 valence electrons. The summed E-state index contributed by atoms with van der Waals surface area (Å²) in [6.45, 7) is 5.51. The highest BCUT2D eigenvalue weighted by molar-refractivity contribution is 5.89. The number of hydrogen-bond donors (Lipinski definition) is 3. The number of urea groups is 1. The molecule has 44 heavy (non-hydrogen) atoms. The Hall–Kier alpha value is -3.13. The lowest BCUT2D eigenvalue weighted by Gasteiger charge is -2.37. The fourth-order valence-corrected chi connectivity index (χ4v) is 5.90. The maximum atomic E-state index is 15.4. The van der Waals surface area contributed by atoms with E-state index >= 15 is 8.78 Å². The largest absolute Gasteiger partial charge is 0.354 e. The molecule has 0 bridgehead atoms. The van der Waals surface area contributed by atoms with Crippen molar-refractivity contribution in [1.29, 1.82) is 0 Å². The lowest BCUT2D eigenvalue weighted by atomic mass is 9.90. The fourth-order valence-electron chi connectivity index (χ4n) is 5.90. The first kappa shape index (κ1) is 33.8. The number of amides is 3. The molecule has 1 aliphatic heterocycles. The van der Waals surface area contributed by atoms with Crippen molar-refractivity contribution in [2.75, 3.05) is 38.0 Å². The van der Waals surface area contributed by atoms with E-state index in [1.807, 2.05) is 0 Å². The smallest absolute Gasteiger partial charge is 0.338 e. The Balaban J connectivity index is 0.00000442. The number of hydrogen-bond acceptors (Lipinski definition) is 7. The fraction of sp³-hybridized carbons (Fsp3) is 0.600. The van der Waals surface area contributed by atoms with Crippen LogP contribution in [-0.4, -0.2) is 86.5 Å². The van der Waals surface area contributed by atoms with Crippen molar-refractivity contribution < 1.29 is 18.4 Å². The van der Waals surface area contributed by atoms with Gasteiger partial charge >= 0.3 is 11.7 Å². The van der Waals surface area contributed by atoms with E-state index in [4.69, 9.17) is 11.5 Å². The minimum absolute atomic E-state index is 0. The molecule has 1 saturated heterocycles. The van der Waals surface area contributed by atoms with E-state index in [9.17, 15) is 14.4 Å². The number of piperazine rings is 1. The second-order valence-electron chi connectivity index (χ2n) is 12.7. The van der Waals surface area contributed by atoms with Gasteiger partial charge in [-0.25, -0.2) is 18.4 Å². The van der Waals surface area contributed by atoms with Crippen LogP contribution >= 0.6 is 12.4 Å². The second-order valence-corrected chi connectivity index (χ2v) is 12.7. The molecule has 0 atom stereocenters. The first-order valence-corrected chi connectivity index (χ1v) is 15.1. The summed E-state index contributed by atoms with van der Waals surface area (Å²) < 4.78 is 31.7. The zero-order chi connectivity index (χ0) is 30.9. The van der Waals surface area contributed by atoms with Crippen LogP contribution in [0.2, 0.25) is 0 Å². The molecule has 5 rings (SSSR count). The SMILES string of the molecule is CC(C)(N)C(=O)N1CCN(C(=O)Nc2ccn(-c3cc(F)c(CN(CC4CC4)C4CCC(N)CC4)c(F)c3)c(=O)n2)CC1.Cl. The molecule has 1 aromatic carbocycles. The molecule has 5 N–H and O–H groups in total. The van der Waals surface area contributed by atoms with E-state index in [-0.39, 0.29) is 54.0 Å². The van der Waals surface area contributed by atoms with Crippen LogP contribution in [0.15, 0.2) is 29.2 Å². The van der Waals surface area contributed by atoms with E-state index in [1.54, 1.807) is 18.7 Å². The van der Waals surface area contributed by atoms with Gasteiger partial charge in [-0.1, -0.05) is 0 Å². The Morgan fingerprint density at radius 2 is 1.61 bits per heavy atom. The minimum Gasteiger partial charge on any atom is -0.338 e. The van der Waals surface area contributed by atoms with Gasteiger partial charge in [-0.3, -0.25) is 19.6 Å². The average Bonchev–Trinajstić information content (AvgIpc) is 3.78. The van der Waals surface area contributed by atoms with Crippen molar-refractivity contribution >= 4 is 30.2 Å². The highest BCUT2D eigenvalue weighted by Crippen LogP contribution is 2.34. The highest BCUT2D eigenvalue weighted by Gasteiger charge is 2.33. The van der Waals surface area contributed by atoms with Gasteiger partial charge in [0.05, 0.1) is 11.2 Å². The number of aromatic nitrogens is 2. The molecule has 0 spiro atoms. The zero-order valence-electron chi connectivity index (χ0n) is 25.3. The molecule has 0 radical (unpaired) electrons. The normalized spacial score (nSPS) is 20.8. The topological polar surface area (TPSA) is 143 Å². The molecule has 2 saturated carbocycles. The second kappa shape index (κ2) is 13.9. The first-order valence-electron chi connectivity index (χ1n) is 15.1. The summed E-state index contributed by atoms with van der Waals surface area (Å²) in [4.78, 5) is 47.2. The third-order valence-corrected chi connectivity index (χ3v) is 8.66. The Morgan fingerprint density at radius 1 is 1.02 bits per heavy atom. The van der Waals surface area contributed by atoms with Crippen LogP contribution in [0.5, 0.6) is 0 Å². The number of halogens is 3. The van der Waals surface area contributed by atoms with E-state index in [0.29, 0.717) is 32.1 Å². The molecule has 2 aliphatic carbocycles. The van der Waals surface area contributed by atoms with Gasteiger partial charge in [-0.15, -0.1) is 12.4 Å². The predicted molar refractivity (Wildman–Crippen MR) is 166 cm³/mol. The molecule has 3 fully saturated rings. The summed E-state index contributed by atoms with van der Waals surface area (Å²) in [5, 5.41) is 2.59. The van der Waals surface area contributed by atoms with Crippen LogP contribution in [-0.2, 0) is 11.3 Å². The summed E-state index contributed by atoms with van der Waals surface area (Å²) in [6, 6.07) is 3.66.